The molecule has 1 unspecified atom stereocenters. The van der Waals surface area contributed by atoms with Crippen LogP contribution in [0.4, 0.5) is 0 Å². The Bertz CT molecular complexity index is 1490. The molecule has 0 saturated carbocycles. The molecular formula is C32H39N5O6. The smallest absolute Gasteiger partial charge is 0.290 e. The minimum Gasteiger partial charge on any atom is -0.497 e. The number of piperidine rings is 1. The number of Topliss-reactive ketones (excluding diaryl/α,β-unsaturated/α-hetero) is 1. The van der Waals surface area contributed by atoms with E-state index in [1.54, 1.807) is 52.1 Å². The maximum atomic E-state index is 13.8. The summed E-state index contributed by atoms with van der Waals surface area (Å²) >= 11 is 0. The van der Waals surface area contributed by atoms with E-state index in [0.29, 0.717) is 18.7 Å². The Morgan fingerprint density at radius 1 is 1.00 bits per heavy atom. The highest BCUT2D eigenvalue weighted by atomic mass is 16.5. The standard InChI is InChI=1S/C32H39N5O6/c1-32(2,3)37-31(42)27(38)24(17-20-11-8-14-33-28(20)39)35-29(40)25(15-19-9-6-5-7-10-19)36-30(41)26-18-21-16-22(43-4)12-13-23(21)34-26/h5-7,9-10,12-13,16,18,20,24-25,34H,8,11,14-15,17H2,1-4H3,(H,33,39)(H,35,40)(H,36,41)(H,37,42)/t20-,24?,25-/m0/s1. The second-order valence-electron chi connectivity index (χ2n) is 11.8. The number of fused-ring (bicyclic) bond motifs is 1. The summed E-state index contributed by atoms with van der Waals surface area (Å²) in [7, 11) is 1.56. The van der Waals surface area contributed by atoms with E-state index in [0.717, 1.165) is 22.9 Å². The van der Waals surface area contributed by atoms with E-state index in [1.165, 1.54) is 0 Å². The molecular weight excluding hydrogens is 550 g/mol. The number of ether oxygens (including phenoxy) is 1. The molecule has 0 radical (unpaired) electrons. The average molecular weight is 590 g/mol. The summed E-state index contributed by atoms with van der Waals surface area (Å²) in [6, 6.07) is 13.8. The molecule has 5 N–H and O–H groups in total. The fraction of sp³-hybridized carbons (Fsp3) is 0.406. The van der Waals surface area contributed by atoms with Gasteiger partial charge in [0.05, 0.1) is 13.2 Å². The Balaban J connectivity index is 1.58. The van der Waals surface area contributed by atoms with Crippen molar-refractivity contribution in [2.24, 2.45) is 5.92 Å². The fourth-order valence-corrected chi connectivity index (χ4v) is 5.06. The number of hydrogen-bond acceptors (Lipinski definition) is 6. The van der Waals surface area contributed by atoms with Gasteiger partial charge in [0.15, 0.2) is 0 Å². The van der Waals surface area contributed by atoms with E-state index in [-0.39, 0.29) is 24.4 Å². The normalized spacial score (nSPS) is 16.5. The van der Waals surface area contributed by atoms with Crippen molar-refractivity contribution in [3.63, 3.8) is 0 Å². The summed E-state index contributed by atoms with van der Waals surface area (Å²) in [4.78, 5) is 69.0. The first kappa shape index (κ1) is 31.3. The number of hydrogen-bond donors (Lipinski definition) is 5. The van der Waals surface area contributed by atoms with Gasteiger partial charge in [-0.15, -0.1) is 0 Å². The molecule has 2 heterocycles. The summed E-state index contributed by atoms with van der Waals surface area (Å²) < 4.78 is 5.27. The van der Waals surface area contributed by atoms with E-state index in [1.807, 2.05) is 30.3 Å². The molecule has 4 rings (SSSR count). The molecule has 43 heavy (non-hydrogen) atoms. The van der Waals surface area contributed by atoms with Crippen LogP contribution in [-0.2, 0) is 25.6 Å². The number of rotatable bonds is 11. The lowest BCUT2D eigenvalue weighted by molar-refractivity contribution is -0.142. The van der Waals surface area contributed by atoms with Crippen LogP contribution in [0.15, 0.2) is 54.6 Å². The number of aromatic amines is 1. The molecule has 1 aliphatic heterocycles. The first-order valence-corrected chi connectivity index (χ1v) is 14.4. The SMILES string of the molecule is COc1ccc2[nH]c(C(=O)N[C@@H](Cc3ccccc3)C(=O)NC(C[C@@H]3CCCNC3=O)C(=O)C(=O)NC(C)(C)C)cc2c1. The Morgan fingerprint density at radius 3 is 2.42 bits per heavy atom. The third-order valence-corrected chi connectivity index (χ3v) is 7.24. The lowest BCUT2D eigenvalue weighted by Gasteiger charge is -2.28. The quantitative estimate of drug-likeness (QED) is 0.216. The predicted octanol–water partition coefficient (Wildman–Crippen LogP) is 2.40. The Hall–Kier alpha value is -4.67. The molecule has 1 fully saturated rings. The van der Waals surface area contributed by atoms with Crippen LogP contribution in [0.1, 0.15) is 56.1 Å². The minimum atomic E-state index is -1.26. The van der Waals surface area contributed by atoms with Gasteiger partial charge >= 0.3 is 0 Å². The zero-order valence-corrected chi connectivity index (χ0v) is 24.9. The molecule has 228 valence electrons. The fourth-order valence-electron chi connectivity index (χ4n) is 5.06. The second kappa shape index (κ2) is 13.5. The monoisotopic (exact) mass is 589 g/mol. The van der Waals surface area contributed by atoms with Gasteiger partial charge in [-0.25, -0.2) is 0 Å². The molecule has 3 atom stereocenters. The predicted molar refractivity (Wildman–Crippen MR) is 161 cm³/mol. The largest absolute Gasteiger partial charge is 0.497 e. The zero-order valence-electron chi connectivity index (χ0n) is 24.9. The maximum Gasteiger partial charge on any atom is 0.290 e. The van der Waals surface area contributed by atoms with E-state index >= 15 is 0 Å². The molecule has 2 aromatic carbocycles. The number of methoxy groups -OCH3 is 1. The van der Waals surface area contributed by atoms with E-state index in [9.17, 15) is 24.0 Å². The molecule has 4 amide bonds. The van der Waals surface area contributed by atoms with E-state index in [4.69, 9.17) is 4.74 Å². The number of H-pyrrole nitrogens is 1. The molecule has 0 aliphatic carbocycles. The summed E-state index contributed by atoms with van der Waals surface area (Å²) in [6.07, 6.45) is 1.35. The Morgan fingerprint density at radius 2 is 1.74 bits per heavy atom. The van der Waals surface area contributed by atoms with Crippen molar-refractivity contribution in [3.05, 3.63) is 65.9 Å². The molecule has 0 bridgehead atoms. The molecule has 1 aliphatic rings. The maximum absolute atomic E-state index is 13.8. The number of carbonyl (C=O) groups is 5. The third-order valence-electron chi connectivity index (χ3n) is 7.24. The minimum absolute atomic E-state index is 0.0379. The number of aromatic nitrogens is 1. The second-order valence-corrected chi connectivity index (χ2v) is 11.8. The third kappa shape index (κ3) is 8.43. The van der Waals surface area contributed by atoms with Gasteiger partial charge in [0.1, 0.15) is 17.5 Å². The van der Waals surface area contributed by atoms with Gasteiger partial charge in [0, 0.05) is 35.3 Å². The highest BCUT2D eigenvalue weighted by Gasteiger charge is 2.36. The first-order valence-electron chi connectivity index (χ1n) is 14.4. The zero-order chi connectivity index (χ0) is 31.1. The van der Waals surface area contributed by atoms with Gasteiger partial charge in [0.2, 0.25) is 17.6 Å². The summed E-state index contributed by atoms with van der Waals surface area (Å²) in [5.74, 6) is -3.01. The number of nitrogens with one attached hydrogen (secondary N) is 5. The number of carbonyl (C=O) groups excluding carboxylic acids is 5. The highest BCUT2D eigenvalue weighted by molar-refractivity contribution is 6.38. The van der Waals surface area contributed by atoms with E-state index < -0.39 is 47.0 Å². The number of ketones is 1. The van der Waals surface area contributed by atoms with Crippen molar-refractivity contribution in [2.75, 3.05) is 13.7 Å². The van der Waals surface area contributed by atoms with Gasteiger partial charge < -0.3 is 31.0 Å². The molecule has 11 heteroatoms. The van der Waals surface area contributed by atoms with Crippen LogP contribution in [0.25, 0.3) is 10.9 Å². The van der Waals surface area contributed by atoms with Crippen LogP contribution >= 0.6 is 0 Å². The van der Waals surface area contributed by atoms with Crippen molar-refractivity contribution in [1.82, 2.24) is 26.3 Å². The van der Waals surface area contributed by atoms with Gasteiger partial charge in [0.25, 0.3) is 11.8 Å². The van der Waals surface area contributed by atoms with Crippen LogP contribution in [-0.4, -0.2) is 65.7 Å². The van der Waals surface area contributed by atoms with Crippen LogP contribution in [0.5, 0.6) is 5.75 Å². The Labute approximate surface area is 250 Å². The van der Waals surface area contributed by atoms with Crippen molar-refractivity contribution in [1.29, 1.82) is 0 Å². The van der Waals surface area contributed by atoms with E-state index in [2.05, 4.69) is 26.3 Å². The molecule has 1 aromatic heterocycles. The molecule has 11 nitrogen and oxygen atoms in total. The molecule has 1 saturated heterocycles. The topological polar surface area (TPSA) is 158 Å². The molecule has 0 spiro atoms. The van der Waals surface area contributed by atoms with Crippen molar-refractivity contribution in [2.45, 2.75) is 64.1 Å². The highest BCUT2D eigenvalue weighted by Crippen LogP contribution is 2.22. The van der Waals surface area contributed by atoms with Crippen LogP contribution in [0.2, 0.25) is 0 Å². The van der Waals surface area contributed by atoms with Crippen LogP contribution in [0, 0.1) is 5.92 Å². The summed E-state index contributed by atoms with van der Waals surface area (Å²) in [5, 5.41) is 11.7. The summed E-state index contributed by atoms with van der Waals surface area (Å²) in [6.45, 7) is 5.76. The Kier molecular flexibility index (Phi) is 9.84. The lowest BCUT2D eigenvalue weighted by atomic mass is 9.89. The first-order chi connectivity index (χ1) is 20.4. The van der Waals surface area contributed by atoms with Gasteiger partial charge in [-0.05, 0) is 69.9 Å². The average Bonchev–Trinajstić information content (AvgIpc) is 3.40. The van der Waals surface area contributed by atoms with Gasteiger partial charge in [-0.2, -0.15) is 0 Å². The van der Waals surface area contributed by atoms with Gasteiger partial charge in [-0.1, -0.05) is 30.3 Å². The lowest BCUT2D eigenvalue weighted by Crippen LogP contribution is -2.57. The van der Waals surface area contributed by atoms with Crippen molar-refractivity contribution < 1.29 is 28.7 Å². The molecule has 3 aromatic rings. The van der Waals surface area contributed by atoms with Crippen molar-refractivity contribution >= 4 is 40.3 Å². The number of benzene rings is 2. The van der Waals surface area contributed by atoms with Crippen LogP contribution < -0.4 is 26.0 Å². The van der Waals surface area contributed by atoms with Crippen LogP contribution in [0.3, 0.4) is 0 Å². The number of amides is 4. The summed E-state index contributed by atoms with van der Waals surface area (Å²) in [5.41, 5.74) is 1.06. The van der Waals surface area contributed by atoms with Gasteiger partial charge in [-0.3, -0.25) is 24.0 Å². The van der Waals surface area contributed by atoms with Crippen molar-refractivity contribution in [3.8, 4) is 5.75 Å².